The summed E-state index contributed by atoms with van der Waals surface area (Å²) in [5.41, 5.74) is 6.90. The first kappa shape index (κ1) is 23.2. The van der Waals surface area contributed by atoms with Crippen LogP contribution >= 0.6 is 0 Å². The summed E-state index contributed by atoms with van der Waals surface area (Å²) in [6, 6.07) is 10.7. The van der Waals surface area contributed by atoms with E-state index in [9.17, 15) is 0 Å². The van der Waals surface area contributed by atoms with E-state index in [-0.39, 0.29) is 0 Å². The zero-order valence-electron chi connectivity index (χ0n) is 17.2. The van der Waals surface area contributed by atoms with Gasteiger partial charge in [0.15, 0.2) is 0 Å². The van der Waals surface area contributed by atoms with Crippen LogP contribution in [-0.2, 0) is 6.54 Å². The van der Waals surface area contributed by atoms with Gasteiger partial charge in [-0.15, -0.1) is 0 Å². The molecule has 0 heterocycles. The van der Waals surface area contributed by atoms with Crippen LogP contribution < -0.4 is 11.1 Å². The van der Waals surface area contributed by atoms with Crippen LogP contribution in [0.4, 0.5) is 0 Å². The Bertz CT molecular complexity index is 377. The maximum atomic E-state index is 5.51. The first-order valence-electron chi connectivity index (χ1n) is 11.4. The van der Waals surface area contributed by atoms with Crippen LogP contribution in [0.1, 0.15) is 102 Å². The maximum absolute atomic E-state index is 5.51. The van der Waals surface area contributed by atoms with Crippen molar-refractivity contribution in [3.05, 3.63) is 35.9 Å². The van der Waals surface area contributed by atoms with Gasteiger partial charge in [-0.2, -0.15) is 0 Å². The lowest BCUT2D eigenvalue weighted by molar-refractivity contribution is 0.526. The second kappa shape index (κ2) is 18.9. The normalized spacial score (nSPS) is 11.1. The lowest BCUT2D eigenvalue weighted by Crippen LogP contribution is -2.14. The molecule has 0 bridgehead atoms. The molecule has 1 aromatic carbocycles. The highest BCUT2D eigenvalue weighted by molar-refractivity contribution is 5.14. The third-order valence-corrected chi connectivity index (χ3v) is 5.23. The smallest absolute Gasteiger partial charge is 0.0205 e. The Morgan fingerprint density at radius 1 is 0.538 bits per heavy atom. The van der Waals surface area contributed by atoms with Crippen LogP contribution in [0.5, 0.6) is 0 Å². The molecule has 0 unspecified atom stereocenters. The molecule has 0 amide bonds. The van der Waals surface area contributed by atoms with Crippen molar-refractivity contribution in [2.24, 2.45) is 5.73 Å². The Kier molecular flexibility index (Phi) is 16.9. The third-order valence-electron chi connectivity index (χ3n) is 5.23. The lowest BCUT2D eigenvalue weighted by Gasteiger charge is -2.05. The zero-order chi connectivity index (χ0) is 18.5. The number of nitrogens with two attached hydrogens (primary N) is 1. The molecule has 150 valence electrons. The van der Waals surface area contributed by atoms with Gasteiger partial charge in [0, 0.05) is 6.54 Å². The molecule has 0 aliphatic heterocycles. The summed E-state index contributed by atoms with van der Waals surface area (Å²) in [6.45, 7) is 3.03. The number of benzene rings is 1. The summed E-state index contributed by atoms with van der Waals surface area (Å²) in [4.78, 5) is 0. The van der Waals surface area contributed by atoms with Crippen molar-refractivity contribution in [3.8, 4) is 0 Å². The highest BCUT2D eigenvalue weighted by Gasteiger charge is 1.95. The van der Waals surface area contributed by atoms with Gasteiger partial charge in [0.2, 0.25) is 0 Å². The van der Waals surface area contributed by atoms with Gasteiger partial charge in [0.25, 0.3) is 0 Å². The number of hydrogen-bond donors (Lipinski definition) is 2. The zero-order valence-corrected chi connectivity index (χ0v) is 17.2. The molecule has 0 atom stereocenters. The predicted molar refractivity (Wildman–Crippen MR) is 116 cm³/mol. The van der Waals surface area contributed by atoms with Gasteiger partial charge in [-0.25, -0.2) is 0 Å². The monoisotopic (exact) mass is 360 g/mol. The van der Waals surface area contributed by atoms with Gasteiger partial charge in [-0.3, -0.25) is 0 Å². The summed E-state index contributed by atoms with van der Waals surface area (Å²) >= 11 is 0. The van der Waals surface area contributed by atoms with E-state index in [2.05, 4.69) is 35.6 Å². The van der Waals surface area contributed by atoms with Crippen molar-refractivity contribution in [1.29, 1.82) is 0 Å². The first-order valence-corrected chi connectivity index (χ1v) is 11.4. The highest BCUT2D eigenvalue weighted by Crippen LogP contribution is 2.13. The molecule has 0 aliphatic carbocycles. The Labute approximate surface area is 163 Å². The average molecular weight is 361 g/mol. The van der Waals surface area contributed by atoms with E-state index < -0.39 is 0 Å². The fraction of sp³-hybridized carbons (Fsp3) is 0.750. The SMILES string of the molecule is NCCCCCCCCCCCCCCCCCNCc1ccccc1. The molecule has 2 heteroatoms. The van der Waals surface area contributed by atoms with E-state index in [1.165, 1.54) is 102 Å². The molecule has 0 spiro atoms. The Morgan fingerprint density at radius 2 is 0.962 bits per heavy atom. The molecule has 0 fully saturated rings. The van der Waals surface area contributed by atoms with E-state index in [0.29, 0.717) is 0 Å². The van der Waals surface area contributed by atoms with Crippen LogP contribution in [0.25, 0.3) is 0 Å². The molecule has 0 radical (unpaired) electrons. The second-order valence-electron chi connectivity index (χ2n) is 7.75. The molecule has 3 N–H and O–H groups in total. The molecule has 0 saturated heterocycles. The van der Waals surface area contributed by atoms with E-state index in [1.54, 1.807) is 0 Å². The predicted octanol–water partition coefficient (Wildman–Crippen LogP) is 6.59. The molecule has 0 aliphatic rings. The van der Waals surface area contributed by atoms with Crippen LogP contribution in [-0.4, -0.2) is 13.1 Å². The van der Waals surface area contributed by atoms with Gasteiger partial charge < -0.3 is 11.1 Å². The number of nitrogens with one attached hydrogen (secondary N) is 1. The van der Waals surface area contributed by atoms with Crippen molar-refractivity contribution in [1.82, 2.24) is 5.32 Å². The summed E-state index contributed by atoms with van der Waals surface area (Å²) < 4.78 is 0. The minimum absolute atomic E-state index is 0.866. The molecule has 1 rings (SSSR count). The maximum Gasteiger partial charge on any atom is 0.0205 e. The molecular formula is C24H44N2. The molecule has 0 saturated carbocycles. The fourth-order valence-corrected chi connectivity index (χ4v) is 3.52. The van der Waals surface area contributed by atoms with Crippen molar-refractivity contribution < 1.29 is 0 Å². The van der Waals surface area contributed by atoms with E-state index >= 15 is 0 Å². The van der Waals surface area contributed by atoms with Gasteiger partial charge in [-0.1, -0.05) is 114 Å². The van der Waals surface area contributed by atoms with Crippen molar-refractivity contribution in [2.45, 2.75) is 103 Å². The summed E-state index contributed by atoms with van der Waals surface area (Å²) in [5.74, 6) is 0. The molecule has 26 heavy (non-hydrogen) atoms. The van der Waals surface area contributed by atoms with Crippen LogP contribution in [0.2, 0.25) is 0 Å². The number of rotatable bonds is 19. The summed E-state index contributed by atoms with van der Waals surface area (Å²) in [6.07, 6.45) is 21.0. The van der Waals surface area contributed by atoms with Gasteiger partial charge in [-0.05, 0) is 31.5 Å². The molecule has 1 aromatic rings. The Morgan fingerprint density at radius 3 is 1.42 bits per heavy atom. The van der Waals surface area contributed by atoms with Gasteiger partial charge in [0.1, 0.15) is 0 Å². The minimum Gasteiger partial charge on any atom is -0.330 e. The van der Waals surface area contributed by atoms with Crippen LogP contribution in [0.15, 0.2) is 30.3 Å². The summed E-state index contributed by atoms with van der Waals surface area (Å²) in [7, 11) is 0. The minimum atomic E-state index is 0.866. The van der Waals surface area contributed by atoms with E-state index in [4.69, 9.17) is 5.73 Å². The van der Waals surface area contributed by atoms with Crippen molar-refractivity contribution in [3.63, 3.8) is 0 Å². The number of unbranched alkanes of at least 4 members (excludes halogenated alkanes) is 14. The van der Waals surface area contributed by atoms with Gasteiger partial charge >= 0.3 is 0 Å². The van der Waals surface area contributed by atoms with Crippen molar-refractivity contribution in [2.75, 3.05) is 13.1 Å². The van der Waals surface area contributed by atoms with E-state index in [1.807, 2.05) is 0 Å². The van der Waals surface area contributed by atoms with Crippen LogP contribution in [0, 0.1) is 0 Å². The first-order chi connectivity index (χ1) is 12.9. The molecule has 0 aromatic heterocycles. The third kappa shape index (κ3) is 15.4. The Hall–Kier alpha value is -0.860. The molecular weight excluding hydrogens is 316 g/mol. The Balaban J connectivity index is 1.68. The topological polar surface area (TPSA) is 38.0 Å². The van der Waals surface area contributed by atoms with Gasteiger partial charge in [0.05, 0.1) is 0 Å². The largest absolute Gasteiger partial charge is 0.330 e. The number of hydrogen-bond acceptors (Lipinski definition) is 2. The second-order valence-corrected chi connectivity index (χ2v) is 7.75. The van der Waals surface area contributed by atoms with Crippen molar-refractivity contribution >= 4 is 0 Å². The fourth-order valence-electron chi connectivity index (χ4n) is 3.52. The standard InChI is InChI=1S/C24H44N2/c25-21-17-12-10-8-6-4-2-1-3-5-7-9-11-13-18-22-26-23-24-19-15-14-16-20-24/h14-16,19-20,26H,1-13,17-18,21-23,25H2. The van der Waals surface area contributed by atoms with Crippen LogP contribution in [0.3, 0.4) is 0 Å². The average Bonchev–Trinajstić information content (AvgIpc) is 2.68. The lowest BCUT2D eigenvalue weighted by atomic mass is 10.0. The highest BCUT2D eigenvalue weighted by atomic mass is 14.8. The quantitative estimate of drug-likeness (QED) is 0.273. The van der Waals surface area contributed by atoms with E-state index in [0.717, 1.165) is 19.6 Å². The summed E-state index contributed by atoms with van der Waals surface area (Å²) in [5, 5.41) is 3.55. The molecule has 2 nitrogen and oxygen atoms in total.